The van der Waals surface area contributed by atoms with Gasteiger partial charge < -0.3 is 5.11 Å². The van der Waals surface area contributed by atoms with Crippen LogP contribution in [-0.2, 0) is 11.8 Å². The van der Waals surface area contributed by atoms with E-state index in [-0.39, 0.29) is 11.2 Å². The lowest BCUT2D eigenvalue weighted by Gasteiger charge is -2.37. The van der Waals surface area contributed by atoms with E-state index < -0.39 is 6.10 Å². The smallest absolute Gasteiger partial charge is 0.123 e. The number of halogens is 1. The predicted octanol–water partition coefficient (Wildman–Crippen LogP) is 4.49. The van der Waals surface area contributed by atoms with Gasteiger partial charge >= 0.3 is 0 Å². The molecule has 0 heterocycles. The minimum absolute atomic E-state index is 0.242. The van der Waals surface area contributed by atoms with E-state index in [0.29, 0.717) is 6.42 Å². The van der Waals surface area contributed by atoms with Crippen molar-refractivity contribution in [2.24, 2.45) is 0 Å². The van der Waals surface area contributed by atoms with Crippen LogP contribution in [0.3, 0.4) is 0 Å². The van der Waals surface area contributed by atoms with Crippen molar-refractivity contribution in [3.63, 3.8) is 0 Å². The number of benzene rings is 2. The highest BCUT2D eigenvalue weighted by Crippen LogP contribution is 2.36. The maximum Gasteiger partial charge on any atom is 0.123 e. The molecule has 0 aliphatic rings. The number of aliphatic hydroxyl groups is 1. The molecule has 0 spiro atoms. The van der Waals surface area contributed by atoms with Crippen LogP contribution < -0.4 is 0 Å². The van der Waals surface area contributed by atoms with Gasteiger partial charge in [0.05, 0.1) is 6.10 Å². The third-order valence-electron chi connectivity index (χ3n) is 4.59. The van der Waals surface area contributed by atoms with Crippen LogP contribution in [0.4, 0.5) is 4.39 Å². The number of hydrogen-bond acceptors (Lipinski definition) is 1. The molecule has 1 nitrogen and oxygen atoms in total. The molecule has 0 aliphatic heterocycles. The first kappa shape index (κ1) is 15.7. The highest BCUT2D eigenvalue weighted by atomic mass is 19.1. The Balaban J connectivity index is 2.27. The van der Waals surface area contributed by atoms with Crippen molar-refractivity contribution in [2.45, 2.75) is 44.6 Å². The Labute approximate surface area is 126 Å². The van der Waals surface area contributed by atoms with E-state index in [9.17, 15) is 9.50 Å². The van der Waals surface area contributed by atoms with Crippen molar-refractivity contribution in [3.8, 4) is 0 Å². The van der Waals surface area contributed by atoms with E-state index in [1.165, 1.54) is 17.7 Å². The summed E-state index contributed by atoms with van der Waals surface area (Å²) in [7, 11) is 0. The van der Waals surface area contributed by atoms with Crippen molar-refractivity contribution < 1.29 is 9.50 Å². The molecule has 0 bridgehead atoms. The number of aliphatic hydroxyl groups excluding tert-OH is 1. The first-order chi connectivity index (χ1) is 10.1. The minimum atomic E-state index is -0.486. The van der Waals surface area contributed by atoms with Crippen LogP contribution in [0.1, 0.15) is 37.8 Å². The zero-order valence-electron chi connectivity index (χ0n) is 12.7. The summed E-state index contributed by atoms with van der Waals surface area (Å²) in [5.41, 5.74) is 1.88. The van der Waals surface area contributed by atoms with Crippen molar-refractivity contribution in [3.05, 3.63) is 71.5 Å². The lowest BCUT2D eigenvalue weighted by molar-refractivity contribution is 0.0733. The second-order valence-corrected chi connectivity index (χ2v) is 5.58. The molecule has 1 unspecified atom stereocenters. The summed E-state index contributed by atoms with van der Waals surface area (Å²) < 4.78 is 13.0. The molecule has 0 aromatic heterocycles. The van der Waals surface area contributed by atoms with Gasteiger partial charge in [0, 0.05) is 5.41 Å². The zero-order chi connectivity index (χ0) is 15.3. The van der Waals surface area contributed by atoms with Gasteiger partial charge in [-0.05, 0) is 42.5 Å². The van der Waals surface area contributed by atoms with Crippen molar-refractivity contribution in [1.29, 1.82) is 0 Å². The van der Waals surface area contributed by atoms with Crippen LogP contribution in [0.2, 0.25) is 0 Å². The van der Waals surface area contributed by atoms with Gasteiger partial charge in [-0.15, -0.1) is 0 Å². The van der Waals surface area contributed by atoms with Gasteiger partial charge in [-0.3, -0.25) is 0 Å². The standard InChI is InChI=1S/C19H23FO/c1-3-19(4-2,16-8-6-5-7-9-16)18(21)14-15-10-12-17(20)13-11-15/h5-13,18,21H,3-4,14H2,1-2H3. The Bertz CT molecular complexity index is 544. The zero-order valence-corrected chi connectivity index (χ0v) is 12.7. The monoisotopic (exact) mass is 286 g/mol. The fraction of sp³-hybridized carbons (Fsp3) is 0.368. The molecule has 0 saturated carbocycles. The summed E-state index contributed by atoms with van der Waals surface area (Å²) >= 11 is 0. The largest absolute Gasteiger partial charge is 0.392 e. The molecule has 1 atom stereocenters. The molecule has 2 aromatic rings. The Morgan fingerprint density at radius 3 is 2.05 bits per heavy atom. The Morgan fingerprint density at radius 2 is 1.52 bits per heavy atom. The van der Waals surface area contributed by atoms with E-state index in [1.807, 2.05) is 18.2 Å². The second kappa shape index (κ2) is 6.86. The summed E-state index contributed by atoms with van der Waals surface area (Å²) in [6.45, 7) is 4.23. The molecule has 0 aliphatic carbocycles. The Kier molecular flexibility index (Phi) is 5.13. The fourth-order valence-corrected chi connectivity index (χ4v) is 3.13. The molecule has 0 radical (unpaired) electrons. The van der Waals surface area contributed by atoms with E-state index >= 15 is 0 Å². The highest BCUT2D eigenvalue weighted by Gasteiger charge is 2.36. The summed E-state index contributed by atoms with van der Waals surface area (Å²) in [6.07, 6.45) is 1.79. The van der Waals surface area contributed by atoms with Crippen LogP contribution in [0.15, 0.2) is 54.6 Å². The molecule has 2 rings (SSSR count). The van der Waals surface area contributed by atoms with Crippen molar-refractivity contribution in [1.82, 2.24) is 0 Å². The second-order valence-electron chi connectivity index (χ2n) is 5.58. The van der Waals surface area contributed by atoms with Crippen LogP contribution in [0.5, 0.6) is 0 Å². The maximum atomic E-state index is 13.0. The average molecular weight is 286 g/mol. The third kappa shape index (κ3) is 3.33. The third-order valence-corrected chi connectivity index (χ3v) is 4.59. The van der Waals surface area contributed by atoms with Crippen molar-refractivity contribution in [2.75, 3.05) is 0 Å². The molecule has 0 fully saturated rings. The van der Waals surface area contributed by atoms with E-state index in [0.717, 1.165) is 18.4 Å². The lowest BCUT2D eigenvalue weighted by atomic mass is 9.70. The molecular weight excluding hydrogens is 263 g/mol. The van der Waals surface area contributed by atoms with E-state index in [2.05, 4.69) is 26.0 Å². The molecule has 1 N–H and O–H groups in total. The first-order valence-corrected chi connectivity index (χ1v) is 7.60. The van der Waals surface area contributed by atoms with Crippen LogP contribution in [0.25, 0.3) is 0 Å². The fourth-order valence-electron chi connectivity index (χ4n) is 3.13. The topological polar surface area (TPSA) is 20.2 Å². The molecule has 2 aromatic carbocycles. The summed E-state index contributed by atoms with van der Waals surface area (Å²) in [5, 5.41) is 10.8. The average Bonchev–Trinajstić information content (AvgIpc) is 2.52. The van der Waals surface area contributed by atoms with Crippen LogP contribution in [-0.4, -0.2) is 11.2 Å². The minimum Gasteiger partial charge on any atom is -0.392 e. The molecule has 21 heavy (non-hydrogen) atoms. The van der Waals surface area contributed by atoms with Crippen LogP contribution in [0, 0.1) is 5.82 Å². The Morgan fingerprint density at radius 1 is 0.952 bits per heavy atom. The molecule has 0 saturated heterocycles. The highest BCUT2D eigenvalue weighted by molar-refractivity contribution is 5.28. The first-order valence-electron chi connectivity index (χ1n) is 7.60. The summed E-state index contributed by atoms with van der Waals surface area (Å²) in [5.74, 6) is -0.242. The molecule has 112 valence electrons. The van der Waals surface area contributed by atoms with E-state index in [4.69, 9.17) is 0 Å². The molecule has 0 amide bonds. The Hall–Kier alpha value is -1.67. The van der Waals surface area contributed by atoms with Crippen LogP contribution >= 0.6 is 0 Å². The van der Waals surface area contributed by atoms with Gasteiger partial charge in [-0.1, -0.05) is 56.3 Å². The van der Waals surface area contributed by atoms with Gasteiger partial charge in [-0.25, -0.2) is 4.39 Å². The van der Waals surface area contributed by atoms with Gasteiger partial charge in [0.25, 0.3) is 0 Å². The maximum absolute atomic E-state index is 13.0. The van der Waals surface area contributed by atoms with Gasteiger partial charge in [0.15, 0.2) is 0 Å². The summed E-state index contributed by atoms with van der Waals surface area (Å²) in [6, 6.07) is 16.6. The van der Waals surface area contributed by atoms with Gasteiger partial charge in [-0.2, -0.15) is 0 Å². The SMILES string of the molecule is CCC(CC)(c1ccccc1)C(O)Cc1ccc(F)cc1. The number of rotatable bonds is 6. The quantitative estimate of drug-likeness (QED) is 0.829. The van der Waals surface area contributed by atoms with Gasteiger partial charge in [0.2, 0.25) is 0 Å². The summed E-state index contributed by atoms with van der Waals surface area (Å²) in [4.78, 5) is 0. The van der Waals surface area contributed by atoms with Gasteiger partial charge in [0.1, 0.15) is 5.82 Å². The lowest BCUT2D eigenvalue weighted by Crippen LogP contribution is -2.40. The van der Waals surface area contributed by atoms with E-state index in [1.54, 1.807) is 12.1 Å². The number of hydrogen-bond donors (Lipinski definition) is 1. The molecular formula is C19H23FO. The normalized spacial score (nSPS) is 13.1. The predicted molar refractivity (Wildman–Crippen MR) is 84.8 cm³/mol. The van der Waals surface area contributed by atoms with Crippen molar-refractivity contribution >= 4 is 0 Å². The molecule has 2 heteroatoms.